The number of likely N-dealkylation sites (N-methyl/N-ethyl adjacent to an activating group) is 1. The van der Waals surface area contributed by atoms with Crippen LogP contribution in [0.5, 0.6) is 0 Å². The van der Waals surface area contributed by atoms with Crippen LogP contribution < -0.4 is 5.32 Å². The third kappa shape index (κ3) is 3.92. The topological polar surface area (TPSA) is 37.4 Å². The molecule has 1 aliphatic heterocycles. The summed E-state index contributed by atoms with van der Waals surface area (Å²) in [5.74, 6) is 0. The van der Waals surface area contributed by atoms with Crippen molar-refractivity contribution < 1.29 is 4.74 Å². The number of nitrogens with zero attached hydrogens (tertiary/aromatic N) is 2. The van der Waals surface area contributed by atoms with Crippen LogP contribution in [0.3, 0.4) is 0 Å². The Kier molecular flexibility index (Phi) is 4.74. The second kappa shape index (κ2) is 6.31. The van der Waals surface area contributed by atoms with Gasteiger partial charge in [-0.15, -0.1) is 0 Å². The first-order chi connectivity index (χ1) is 8.28. The molecule has 2 rings (SSSR count). The first-order valence-electron chi connectivity index (χ1n) is 5.87. The summed E-state index contributed by atoms with van der Waals surface area (Å²) in [4.78, 5) is 6.48. The fraction of sp³-hybridized carbons (Fsp3) is 0.583. The van der Waals surface area contributed by atoms with Gasteiger partial charge in [0.2, 0.25) is 0 Å². The van der Waals surface area contributed by atoms with E-state index in [1.807, 2.05) is 25.4 Å². The van der Waals surface area contributed by atoms with Gasteiger partial charge in [-0.25, -0.2) is 4.98 Å². The molecule has 1 aromatic rings. The Bertz CT molecular complexity index is 342. The molecule has 0 spiro atoms. The van der Waals surface area contributed by atoms with Crippen molar-refractivity contribution >= 4 is 11.6 Å². The fourth-order valence-corrected chi connectivity index (χ4v) is 2.15. The van der Waals surface area contributed by atoms with E-state index >= 15 is 0 Å². The summed E-state index contributed by atoms with van der Waals surface area (Å²) in [7, 11) is 1.95. The van der Waals surface area contributed by atoms with Crippen LogP contribution in [0.2, 0.25) is 5.15 Å². The molecule has 1 aliphatic rings. The van der Waals surface area contributed by atoms with Gasteiger partial charge in [0.15, 0.2) is 0 Å². The van der Waals surface area contributed by atoms with Crippen LogP contribution >= 0.6 is 11.6 Å². The van der Waals surface area contributed by atoms with E-state index in [1.54, 1.807) is 0 Å². The molecule has 4 nitrogen and oxygen atoms in total. The van der Waals surface area contributed by atoms with E-state index < -0.39 is 0 Å². The SMILES string of the molecule is CNCC1CN(Cc2ccc(Cl)nc2)CCO1. The lowest BCUT2D eigenvalue weighted by molar-refractivity contribution is -0.0291. The maximum Gasteiger partial charge on any atom is 0.129 e. The lowest BCUT2D eigenvalue weighted by Crippen LogP contribution is -2.45. The van der Waals surface area contributed by atoms with Gasteiger partial charge in [-0.2, -0.15) is 0 Å². The number of hydrogen-bond acceptors (Lipinski definition) is 4. The monoisotopic (exact) mass is 255 g/mol. The lowest BCUT2D eigenvalue weighted by Gasteiger charge is -2.32. The van der Waals surface area contributed by atoms with Crippen LogP contribution in [-0.2, 0) is 11.3 Å². The molecule has 1 saturated heterocycles. The summed E-state index contributed by atoms with van der Waals surface area (Å²) in [5, 5.41) is 3.69. The van der Waals surface area contributed by atoms with Gasteiger partial charge in [0.25, 0.3) is 0 Å². The normalized spacial score (nSPS) is 21.6. The van der Waals surface area contributed by atoms with Gasteiger partial charge in [-0.05, 0) is 18.7 Å². The maximum absolute atomic E-state index is 5.77. The van der Waals surface area contributed by atoms with Crippen molar-refractivity contribution in [2.24, 2.45) is 0 Å². The van der Waals surface area contributed by atoms with Gasteiger partial charge in [0, 0.05) is 32.4 Å². The number of ether oxygens (including phenoxy) is 1. The van der Waals surface area contributed by atoms with Crippen LogP contribution in [0, 0.1) is 0 Å². The highest BCUT2D eigenvalue weighted by Crippen LogP contribution is 2.11. The highest BCUT2D eigenvalue weighted by Gasteiger charge is 2.19. The Morgan fingerprint density at radius 1 is 1.59 bits per heavy atom. The molecule has 1 atom stereocenters. The van der Waals surface area contributed by atoms with Crippen molar-refractivity contribution in [3.05, 3.63) is 29.0 Å². The van der Waals surface area contributed by atoms with Crippen molar-refractivity contribution in [2.75, 3.05) is 33.3 Å². The fourth-order valence-electron chi connectivity index (χ4n) is 2.03. The highest BCUT2D eigenvalue weighted by atomic mass is 35.5. The van der Waals surface area contributed by atoms with Crippen molar-refractivity contribution in [2.45, 2.75) is 12.6 Å². The van der Waals surface area contributed by atoms with Crippen molar-refractivity contribution in [1.82, 2.24) is 15.2 Å². The quantitative estimate of drug-likeness (QED) is 0.820. The van der Waals surface area contributed by atoms with E-state index in [0.29, 0.717) is 5.15 Å². The van der Waals surface area contributed by atoms with Crippen LogP contribution in [-0.4, -0.2) is 49.3 Å². The molecular formula is C12H18ClN3O. The highest BCUT2D eigenvalue weighted by molar-refractivity contribution is 6.29. The predicted molar refractivity (Wildman–Crippen MR) is 68.2 cm³/mol. The molecular weight excluding hydrogens is 238 g/mol. The van der Waals surface area contributed by atoms with E-state index in [-0.39, 0.29) is 6.10 Å². The molecule has 1 N–H and O–H groups in total. The third-order valence-corrected chi connectivity index (χ3v) is 3.07. The molecule has 5 heteroatoms. The van der Waals surface area contributed by atoms with Crippen molar-refractivity contribution in [3.63, 3.8) is 0 Å². The van der Waals surface area contributed by atoms with Gasteiger partial charge < -0.3 is 10.1 Å². The molecule has 1 aromatic heterocycles. The number of hydrogen-bond donors (Lipinski definition) is 1. The zero-order chi connectivity index (χ0) is 12.1. The average molecular weight is 256 g/mol. The molecule has 1 fully saturated rings. The maximum atomic E-state index is 5.77. The van der Waals surface area contributed by atoms with Crippen molar-refractivity contribution in [3.8, 4) is 0 Å². The number of rotatable bonds is 4. The van der Waals surface area contributed by atoms with Crippen LogP contribution in [0.15, 0.2) is 18.3 Å². The van der Waals surface area contributed by atoms with Gasteiger partial charge in [-0.3, -0.25) is 4.90 Å². The molecule has 0 radical (unpaired) electrons. The second-order valence-corrected chi connectivity index (χ2v) is 4.66. The molecule has 0 aliphatic carbocycles. The van der Waals surface area contributed by atoms with Crippen LogP contribution in [0.25, 0.3) is 0 Å². The second-order valence-electron chi connectivity index (χ2n) is 4.27. The minimum absolute atomic E-state index is 0.286. The average Bonchev–Trinajstić information content (AvgIpc) is 2.33. The number of halogens is 1. The number of morpholine rings is 1. The Labute approximate surface area is 107 Å². The summed E-state index contributed by atoms with van der Waals surface area (Å²) < 4.78 is 5.66. The molecule has 94 valence electrons. The zero-order valence-corrected chi connectivity index (χ0v) is 10.8. The third-order valence-electron chi connectivity index (χ3n) is 2.85. The van der Waals surface area contributed by atoms with E-state index in [9.17, 15) is 0 Å². The molecule has 0 aromatic carbocycles. The molecule has 0 bridgehead atoms. The zero-order valence-electron chi connectivity index (χ0n) is 10.0. The van der Waals surface area contributed by atoms with Crippen molar-refractivity contribution in [1.29, 1.82) is 0 Å². The van der Waals surface area contributed by atoms with E-state index in [1.165, 1.54) is 5.56 Å². The molecule has 17 heavy (non-hydrogen) atoms. The number of pyridine rings is 1. The van der Waals surface area contributed by atoms with E-state index in [4.69, 9.17) is 16.3 Å². The predicted octanol–water partition coefficient (Wildman–Crippen LogP) is 1.16. The smallest absolute Gasteiger partial charge is 0.129 e. The van der Waals surface area contributed by atoms with Gasteiger partial charge in [0.05, 0.1) is 12.7 Å². The first kappa shape index (κ1) is 12.8. The summed E-state index contributed by atoms with van der Waals surface area (Å²) in [6.07, 6.45) is 2.12. The van der Waals surface area contributed by atoms with E-state index in [2.05, 4.69) is 15.2 Å². The van der Waals surface area contributed by atoms with Crippen LogP contribution in [0.4, 0.5) is 0 Å². The van der Waals surface area contributed by atoms with Gasteiger partial charge in [0.1, 0.15) is 5.15 Å². The summed E-state index contributed by atoms with van der Waals surface area (Å²) in [5.41, 5.74) is 1.19. The standard InChI is InChI=1S/C12H18ClN3O/c1-14-7-11-9-16(4-5-17-11)8-10-2-3-12(13)15-6-10/h2-3,6,11,14H,4-5,7-9H2,1H3. The molecule has 2 heterocycles. The number of aromatic nitrogens is 1. The summed E-state index contributed by atoms with van der Waals surface area (Å²) in [6, 6.07) is 3.86. The largest absolute Gasteiger partial charge is 0.374 e. The summed E-state index contributed by atoms with van der Waals surface area (Å²) in [6.45, 7) is 4.54. The number of nitrogens with one attached hydrogen (secondary N) is 1. The lowest BCUT2D eigenvalue weighted by atomic mass is 10.2. The summed E-state index contributed by atoms with van der Waals surface area (Å²) >= 11 is 5.77. The minimum Gasteiger partial charge on any atom is -0.374 e. The van der Waals surface area contributed by atoms with Crippen LogP contribution in [0.1, 0.15) is 5.56 Å². The Balaban J connectivity index is 1.87. The van der Waals surface area contributed by atoms with E-state index in [0.717, 1.165) is 32.8 Å². The molecule has 0 amide bonds. The van der Waals surface area contributed by atoms with Gasteiger partial charge >= 0.3 is 0 Å². The Hall–Kier alpha value is -0.680. The van der Waals surface area contributed by atoms with Gasteiger partial charge in [-0.1, -0.05) is 17.7 Å². The Morgan fingerprint density at radius 2 is 2.47 bits per heavy atom. The first-order valence-corrected chi connectivity index (χ1v) is 6.24. The molecule has 0 saturated carbocycles. The minimum atomic E-state index is 0.286. The molecule has 1 unspecified atom stereocenters. The Morgan fingerprint density at radius 3 is 3.18 bits per heavy atom.